The van der Waals surface area contributed by atoms with Gasteiger partial charge in [0, 0.05) is 16.1 Å². The molecule has 2 N–H and O–H groups in total. The summed E-state index contributed by atoms with van der Waals surface area (Å²) in [6, 6.07) is 4.95. The number of nitrogens with zero attached hydrogens (tertiary/aromatic N) is 3. The van der Waals surface area contributed by atoms with Crippen molar-refractivity contribution in [3.63, 3.8) is 0 Å². The van der Waals surface area contributed by atoms with Gasteiger partial charge in [0.05, 0.1) is 23.9 Å². The molecule has 0 bridgehead atoms. The summed E-state index contributed by atoms with van der Waals surface area (Å²) in [4.78, 5) is 33.8. The van der Waals surface area contributed by atoms with Crippen LogP contribution in [-0.4, -0.2) is 39.9 Å². The molecule has 0 atom stereocenters. The van der Waals surface area contributed by atoms with E-state index in [1.807, 2.05) is 0 Å². The van der Waals surface area contributed by atoms with E-state index in [1.54, 1.807) is 25.1 Å². The minimum absolute atomic E-state index is 0.0499. The maximum absolute atomic E-state index is 12.5. The van der Waals surface area contributed by atoms with Gasteiger partial charge in [0.15, 0.2) is 0 Å². The summed E-state index contributed by atoms with van der Waals surface area (Å²) in [7, 11) is 0. The molecule has 2 heterocycles. The molecule has 7 nitrogen and oxygen atoms in total. The number of aromatic nitrogens is 2. The number of benzene rings is 1. The van der Waals surface area contributed by atoms with E-state index in [9.17, 15) is 9.59 Å². The van der Waals surface area contributed by atoms with Crippen LogP contribution < -0.4 is 5.73 Å². The van der Waals surface area contributed by atoms with Crippen LogP contribution in [0.1, 0.15) is 23.0 Å². The van der Waals surface area contributed by atoms with Crippen molar-refractivity contribution in [2.45, 2.75) is 13.5 Å². The van der Waals surface area contributed by atoms with Crippen LogP contribution in [0.3, 0.4) is 0 Å². The number of halogens is 2. The molecule has 1 aliphatic rings. The van der Waals surface area contributed by atoms with Crippen LogP contribution in [0.2, 0.25) is 10.0 Å². The van der Waals surface area contributed by atoms with Crippen molar-refractivity contribution in [2.24, 2.45) is 0 Å². The van der Waals surface area contributed by atoms with Crippen molar-refractivity contribution < 1.29 is 14.3 Å². The molecule has 0 unspecified atom stereocenters. The number of rotatable bonds is 4. The summed E-state index contributed by atoms with van der Waals surface area (Å²) in [6.45, 7) is 1.94. The molecule has 0 saturated heterocycles. The summed E-state index contributed by atoms with van der Waals surface area (Å²) in [5.74, 6) is -0.940. The lowest BCUT2D eigenvalue weighted by Gasteiger charge is -2.14. The highest BCUT2D eigenvalue weighted by molar-refractivity contribution is 6.36. The Balaban J connectivity index is 2.02. The summed E-state index contributed by atoms with van der Waals surface area (Å²) in [5.41, 5.74) is 7.51. The van der Waals surface area contributed by atoms with Gasteiger partial charge in [-0.2, -0.15) is 0 Å². The molecule has 0 fully saturated rings. The predicted octanol–water partition coefficient (Wildman–Crippen LogP) is 2.55. The first-order valence-corrected chi connectivity index (χ1v) is 8.23. The molecule has 0 spiro atoms. The third-order valence-electron chi connectivity index (χ3n) is 3.67. The average Bonchev–Trinajstić information content (AvgIpc) is 2.84. The molecule has 1 aromatic carbocycles. The second-order valence-corrected chi connectivity index (χ2v) is 6.19. The monoisotopic (exact) mass is 380 g/mol. The van der Waals surface area contributed by atoms with E-state index in [4.69, 9.17) is 33.7 Å². The maximum atomic E-state index is 12.5. The van der Waals surface area contributed by atoms with Crippen molar-refractivity contribution in [3.8, 4) is 11.3 Å². The minimum Gasteiger partial charge on any atom is -0.465 e. The van der Waals surface area contributed by atoms with Crippen LogP contribution in [0.15, 0.2) is 18.2 Å². The number of carbonyl (C=O) groups is 2. The van der Waals surface area contributed by atoms with Gasteiger partial charge >= 0.3 is 5.97 Å². The second kappa shape index (κ2) is 6.85. The summed E-state index contributed by atoms with van der Waals surface area (Å²) in [5, 5.41) is 0.858. The van der Waals surface area contributed by atoms with E-state index in [0.29, 0.717) is 26.9 Å². The van der Waals surface area contributed by atoms with Crippen LogP contribution >= 0.6 is 23.2 Å². The Bertz CT molecular complexity index is 873. The fourth-order valence-electron chi connectivity index (χ4n) is 2.63. The highest BCUT2D eigenvalue weighted by Gasteiger charge is 2.34. The molecule has 0 radical (unpaired) electrons. The first kappa shape index (κ1) is 17.4. The van der Waals surface area contributed by atoms with Gasteiger partial charge in [0.1, 0.15) is 12.2 Å². The molecule has 130 valence electrons. The van der Waals surface area contributed by atoms with Gasteiger partial charge in [-0.3, -0.25) is 9.59 Å². The van der Waals surface area contributed by atoms with Gasteiger partial charge in [0.2, 0.25) is 5.95 Å². The van der Waals surface area contributed by atoms with Crippen molar-refractivity contribution in [3.05, 3.63) is 39.5 Å². The summed E-state index contributed by atoms with van der Waals surface area (Å²) < 4.78 is 4.89. The van der Waals surface area contributed by atoms with Gasteiger partial charge in [0.25, 0.3) is 5.91 Å². The Morgan fingerprint density at radius 3 is 2.72 bits per heavy atom. The number of nitrogens with two attached hydrogens (primary N) is 1. The number of nitrogen functional groups attached to an aromatic ring is 1. The Hall–Kier alpha value is -2.38. The lowest BCUT2D eigenvalue weighted by Crippen LogP contribution is -2.31. The van der Waals surface area contributed by atoms with E-state index in [2.05, 4.69) is 9.97 Å². The molecule has 1 amide bonds. The van der Waals surface area contributed by atoms with Gasteiger partial charge in [-0.05, 0) is 25.1 Å². The number of fused-ring (bicyclic) bond motifs is 1. The zero-order valence-electron chi connectivity index (χ0n) is 13.3. The molecule has 25 heavy (non-hydrogen) atoms. The Labute approximate surface area is 153 Å². The summed E-state index contributed by atoms with van der Waals surface area (Å²) in [6.07, 6.45) is 0. The normalized spacial score (nSPS) is 13.1. The lowest BCUT2D eigenvalue weighted by molar-refractivity contribution is -0.143. The van der Waals surface area contributed by atoms with Gasteiger partial charge in [-0.1, -0.05) is 23.2 Å². The molecule has 1 aliphatic heterocycles. The minimum atomic E-state index is -0.490. The number of esters is 1. The van der Waals surface area contributed by atoms with Crippen molar-refractivity contribution in [2.75, 3.05) is 18.9 Å². The van der Waals surface area contributed by atoms with Crippen LogP contribution in [0.5, 0.6) is 0 Å². The molecular weight excluding hydrogens is 367 g/mol. The van der Waals surface area contributed by atoms with Crippen LogP contribution in [0, 0.1) is 0 Å². The smallest absolute Gasteiger partial charge is 0.325 e. The number of hydrogen-bond donors (Lipinski definition) is 1. The molecule has 2 aromatic rings. The average molecular weight is 381 g/mol. The highest BCUT2D eigenvalue weighted by atomic mass is 35.5. The Morgan fingerprint density at radius 1 is 1.32 bits per heavy atom. The third-order valence-corrected chi connectivity index (χ3v) is 4.22. The molecule has 0 aliphatic carbocycles. The second-order valence-electron chi connectivity index (χ2n) is 5.35. The molecule has 3 rings (SSSR count). The van der Waals surface area contributed by atoms with Gasteiger partial charge in [-0.25, -0.2) is 9.97 Å². The van der Waals surface area contributed by atoms with E-state index in [1.165, 1.54) is 4.90 Å². The number of hydrogen-bond acceptors (Lipinski definition) is 6. The van der Waals surface area contributed by atoms with Crippen LogP contribution in [0.25, 0.3) is 11.3 Å². The quantitative estimate of drug-likeness (QED) is 0.818. The van der Waals surface area contributed by atoms with E-state index in [-0.39, 0.29) is 31.3 Å². The number of carbonyl (C=O) groups excluding carboxylic acids is 2. The summed E-state index contributed by atoms with van der Waals surface area (Å²) >= 11 is 12.2. The van der Waals surface area contributed by atoms with Crippen LogP contribution in [0.4, 0.5) is 5.95 Å². The van der Waals surface area contributed by atoms with Crippen LogP contribution in [-0.2, 0) is 16.1 Å². The Morgan fingerprint density at radius 2 is 2.04 bits per heavy atom. The molecule has 0 saturated carbocycles. The van der Waals surface area contributed by atoms with E-state index in [0.717, 1.165) is 0 Å². The van der Waals surface area contributed by atoms with E-state index < -0.39 is 11.9 Å². The topological polar surface area (TPSA) is 98.4 Å². The fraction of sp³-hybridized carbons (Fsp3) is 0.250. The standard InChI is InChI=1S/C16H14Cl2N4O3/c1-2-25-12(23)7-22-6-10-13(9-4-3-8(17)5-11(9)18)20-16(19)21-14(10)15(22)24/h3-5H,2,6-7H2,1H3,(H2,19,20,21). The SMILES string of the molecule is CCOC(=O)CN1Cc2c(nc(N)nc2-c2ccc(Cl)cc2Cl)C1=O. The molecular formula is C16H14Cl2N4O3. The highest BCUT2D eigenvalue weighted by Crippen LogP contribution is 2.35. The number of anilines is 1. The first-order valence-electron chi connectivity index (χ1n) is 7.47. The van der Waals surface area contributed by atoms with Gasteiger partial charge < -0.3 is 15.4 Å². The zero-order chi connectivity index (χ0) is 18.1. The number of amides is 1. The third kappa shape index (κ3) is 3.38. The maximum Gasteiger partial charge on any atom is 0.325 e. The lowest BCUT2D eigenvalue weighted by atomic mass is 10.1. The number of ether oxygens (including phenoxy) is 1. The van der Waals surface area contributed by atoms with E-state index >= 15 is 0 Å². The van der Waals surface area contributed by atoms with Crippen molar-refractivity contribution in [1.29, 1.82) is 0 Å². The van der Waals surface area contributed by atoms with Crippen molar-refractivity contribution in [1.82, 2.24) is 14.9 Å². The molecule has 9 heteroatoms. The first-order chi connectivity index (χ1) is 11.9. The Kier molecular flexibility index (Phi) is 4.78. The molecule has 1 aromatic heterocycles. The van der Waals surface area contributed by atoms with Crippen molar-refractivity contribution >= 4 is 41.0 Å². The fourth-order valence-corrected chi connectivity index (χ4v) is 3.13. The largest absolute Gasteiger partial charge is 0.465 e. The predicted molar refractivity (Wildman–Crippen MR) is 93.3 cm³/mol. The zero-order valence-corrected chi connectivity index (χ0v) is 14.8. The van der Waals surface area contributed by atoms with Gasteiger partial charge in [-0.15, -0.1) is 0 Å².